The van der Waals surface area contributed by atoms with Gasteiger partial charge in [0.05, 0.1) is 18.7 Å². The maximum Gasteiger partial charge on any atom is 0.238 e. The Balaban J connectivity index is 1.87. The van der Waals surface area contributed by atoms with E-state index in [2.05, 4.69) is 43.4 Å². The van der Waals surface area contributed by atoms with Crippen LogP contribution in [0.5, 0.6) is 0 Å². The summed E-state index contributed by atoms with van der Waals surface area (Å²) in [5.74, 6) is 0.174. The summed E-state index contributed by atoms with van der Waals surface area (Å²) >= 11 is 0. The quantitative estimate of drug-likeness (QED) is 0.878. The Morgan fingerprint density at radius 1 is 1.32 bits per heavy atom. The van der Waals surface area contributed by atoms with E-state index in [0.29, 0.717) is 6.54 Å². The Morgan fingerprint density at radius 2 is 2.05 bits per heavy atom. The van der Waals surface area contributed by atoms with Crippen LogP contribution in [0.3, 0.4) is 0 Å². The Kier molecular flexibility index (Phi) is 3.29. The maximum atomic E-state index is 12.2. The van der Waals surface area contributed by atoms with Crippen LogP contribution in [0, 0.1) is 6.92 Å². The molecule has 0 spiro atoms. The standard InChI is InChI=1S/C15H20N2O2/c1-10-3-5-12(6-4-10)15-16-9-14(18)17(15)13-7-8-19-11(13)2/h3-6,11,13,15-16H,7-9H2,1-2H3. The molecule has 2 aliphatic rings. The Morgan fingerprint density at radius 3 is 2.68 bits per heavy atom. The highest BCUT2D eigenvalue weighted by atomic mass is 16.5. The molecular formula is C15H20N2O2. The molecule has 3 atom stereocenters. The molecule has 0 aliphatic carbocycles. The second-order valence-electron chi connectivity index (χ2n) is 5.43. The molecule has 0 bridgehead atoms. The third kappa shape index (κ3) is 2.26. The molecule has 1 aromatic carbocycles. The number of hydrogen-bond acceptors (Lipinski definition) is 3. The highest BCUT2D eigenvalue weighted by Crippen LogP contribution is 2.30. The van der Waals surface area contributed by atoms with E-state index in [-0.39, 0.29) is 24.2 Å². The van der Waals surface area contributed by atoms with Crippen molar-refractivity contribution in [2.75, 3.05) is 13.2 Å². The van der Waals surface area contributed by atoms with E-state index in [1.54, 1.807) is 0 Å². The largest absolute Gasteiger partial charge is 0.376 e. The van der Waals surface area contributed by atoms with Crippen LogP contribution in [0.4, 0.5) is 0 Å². The van der Waals surface area contributed by atoms with Gasteiger partial charge >= 0.3 is 0 Å². The first-order valence-corrected chi connectivity index (χ1v) is 6.89. The van der Waals surface area contributed by atoms with Gasteiger partial charge in [0, 0.05) is 6.61 Å². The fourth-order valence-corrected chi connectivity index (χ4v) is 3.01. The number of nitrogens with one attached hydrogen (secondary N) is 1. The first-order chi connectivity index (χ1) is 9.16. The molecule has 1 N–H and O–H groups in total. The van der Waals surface area contributed by atoms with Crippen LogP contribution in [-0.2, 0) is 9.53 Å². The second-order valence-corrected chi connectivity index (χ2v) is 5.43. The van der Waals surface area contributed by atoms with Crippen molar-refractivity contribution in [3.8, 4) is 0 Å². The van der Waals surface area contributed by atoms with Gasteiger partial charge in [0.1, 0.15) is 6.17 Å². The molecule has 2 fully saturated rings. The molecule has 0 radical (unpaired) electrons. The SMILES string of the molecule is Cc1ccc(C2NCC(=O)N2C2CCOC2C)cc1. The first-order valence-electron chi connectivity index (χ1n) is 6.89. The van der Waals surface area contributed by atoms with E-state index in [9.17, 15) is 4.79 Å². The lowest BCUT2D eigenvalue weighted by atomic mass is 10.1. The van der Waals surface area contributed by atoms with Crippen LogP contribution in [0.15, 0.2) is 24.3 Å². The summed E-state index contributed by atoms with van der Waals surface area (Å²) in [7, 11) is 0. The van der Waals surface area contributed by atoms with E-state index in [1.807, 2.05) is 4.90 Å². The smallest absolute Gasteiger partial charge is 0.238 e. The maximum absolute atomic E-state index is 12.2. The summed E-state index contributed by atoms with van der Waals surface area (Å²) in [6.07, 6.45) is 1.04. The summed E-state index contributed by atoms with van der Waals surface area (Å²) in [6.45, 7) is 5.29. The zero-order valence-electron chi connectivity index (χ0n) is 11.4. The molecule has 0 saturated carbocycles. The molecule has 0 aromatic heterocycles. The van der Waals surface area contributed by atoms with Crippen molar-refractivity contribution < 1.29 is 9.53 Å². The van der Waals surface area contributed by atoms with E-state index >= 15 is 0 Å². The van der Waals surface area contributed by atoms with E-state index in [0.717, 1.165) is 18.6 Å². The Hall–Kier alpha value is -1.39. The van der Waals surface area contributed by atoms with Crippen molar-refractivity contribution in [1.29, 1.82) is 0 Å². The van der Waals surface area contributed by atoms with Crippen molar-refractivity contribution in [1.82, 2.24) is 10.2 Å². The molecule has 1 amide bonds. The van der Waals surface area contributed by atoms with Gasteiger partial charge in [-0.15, -0.1) is 0 Å². The number of nitrogens with zero attached hydrogens (tertiary/aromatic N) is 1. The molecular weight excluding hydrogens is 240 g/mol. The minimum Gasteiger partial charge on any atom is -0.376 e. The number of aryl methyl sites for hydroxylation is 1. The number of benzene rings is 1. The lowest BCUT2D eigenvalue weighted by Gasteiger charge is -2.32. The van der Waals surface area contributed by atoms with Crippen LogP contribution < -0.4 is 5.32 Å². The predicted molar refractivity (Wildman–Crippen MR) is 72.6 cm³/mol. The van der Waals surface area contributed by atoms with Crippen LogP contribution in [0.25, 0.3) is 0 Å². The molecule has 3 rings (SSSR count). The summed E-state index contributed by atoms with van der Waals surface area (Å²) in [5, 5.41) is 3.31. The van der Waals surface area contributed by atoms with Crippen molar-refractivity contribution in [2.24, 2.45) is 0 Å². The van der Waals surface area contributed by atoms with Gasteiger partial charge in [0.25, 0.3) is 0 Å². The number of amides is 1. The molecule has 3 unspecified atom stereocenters. The average molecular weight is 260 g/mol. The minimum atomic E-state index is -0.0118. The first kappa shape index (κ1) is 12.6. The van der Waals surface area contributed by atoms with Gasteiger partial charge in [0.2, 0.25) is 5.91 Å². The molecule has 19 heavy (non-hydrogen) atoms. The molecule has 2 heterocycles. The fraction of sp³-hybridized carbons (Fsp3) is 0.533. The fourth-order valence-electron chi connectivity index (χ4n) is 3.01. The Bertz CT molecular complexity index is 472. The van der Waals surface area contributed by atoms with Gasteiger partial charge in [-0.05, 0) is 25.8 Å². The normalized spacial score (nSPS) is 31.2. The van der Waals surface area contributed by atoms with Gasteiger partial charge < -0.3 is 9.64 Å². The third-order valence-corrected chi connectivity index (χ3v) is 4.10. The molecule has 102 valence electrons. The molecule has 4 nitrogen and oxygen atoms in total. The minimum absolute atomic E-state index is 0.0118. The molecule has 4 heteroatoms. The number of ether oxygens (including phenoxy) is 1. The zero-order valence-corrected chi connectivity index (χ0v) is 11.4. The average Bonchev–Trinajstić information content (AvgIpc) is 2.96. The summed E-state index contributed by atoms with van der Waals surface area (Å²) in [4.78, 5) is 14.1. The van der Waals surface area contributed by atoms with Gasteiger partial charge in [-0.1, -0.05) is 29.8 Å². The topological polar surface area (TPSA) is 41.6 Å². The monoisotopic (exact) mass is 260 g/mol. The lowest BCUT2D eigenvalue weighted by Crippen LogP contribution is -2.43. The molecule has 2 aliphatic heterocycles. The van der Waals surface area contributed by atoms with E-state index < -0.39 is 0 Å². The summed E-state index contributed by atoms with van der Waals surface area (Å²) in [5.41, 5.74) is 2.38. The summed E-state index contributed by atoms with van der Waals surface area (Å²) in [6, 6.07) is 8.56. The number of carbonyl (C=O) groups is 1. The van der Waals surface area contributed by atoms with Crippen molar-refractivity contribution in [2.45, 2.75) is 38.6 Å². The van der Waals surface area contributed by atoms with Crippen LogP contribution in [0.2, 0.25) is 0 Å². The van der Waals surface area contributed by atoms with Crippen LogP contribution in [0.1, 0.15) is 30.6 Å². The zero-order chi connectivity index (χ0) is 13.4. The number of rotatable bonds is 2. The van der Waals surface area contributed by atoms with Gasteiger partial charge in [-0.3, -0.25) is 10.1 Å². The Labute approximate surface area is 113 Å². The van der Waals surface area contributed by atoms with E-state index in [4.69, 9.17) is 4.74 Å². The van der Waals surface area contributed by atoms with Crippen LogP contribution >= 0.6 is 0 Å². The molecule has 2 saturated heterocycles. The summed E-state index contributed by atoms with van der Waals surface area (Å²) < 4.78 is 5.61. The second kappa shape index (κ2) is 4.94. The molecule has 1 aromatic rings. The third-order valence-electron chi connectivity index (χ3n) is 4.10. The number of carbonyl (C=O) groups excluding carboxylic acids is 1. The van der Waals surface area contributed by atoms with E-state index in [1.165, 1.54) is 5.56 Å². The highest BCUT2D eigenvalue weighted by molar-refractivity contribution is 5.81. The van der Waals surface area contributed by atoms with Gasteiger partial charge in [-0.25, -0.2) is 0 Å². The van der Waals surface area contributed by atoms with Crippen molar-refractivity contribution in [3.05, 3.63) is 35.4 Å². The van der Waals surface area contributed by atoms with Crippen molar-refractivity contribution in [3.63, 3.8) is 0 Å². The van der Waals surface area contributed by atoms with Crippen LogP contribution in [-0.4, -0.2) is 36.1 Å². The number of hydrogen-bond donors (Lipinski definition) is 1. The van der Waals surface area contributed by atoms with Gasteiger partial charge in [-0.2, -0.15) is 0 Å². The van der Waals surface area contributed by atoms with Crippen molar-refractivity contribution >= 4 is 5.91 Å². The highest BCUT2D eigenvalue weighted by Gasteiger charge is 2.41. The lowest BCUT2D eigenvalue weighted by molar-refractivity contribution is -0.131. The predicted octanol–water partition coefficient (Wildman–Crippen LogP) is 1.60. The van der Waals surface area contributed by atoms with Gasteiger partial charge in [0.15, 0.2) is 0 Å².